The number of hydrogen-bond acceptors (Lipinski definition) is 5. The highest BCUT2D eigenvalue weighted by Gasteiger charge is 2.11. The molecule has 0 aliphatic carbocycles. The number of nitrogens with one attached hydrogen (secondary N) is 2. The van der Waals surface area contributed by atoms with Crippen LogP contribution in [0.2, 0.25) is 0 Å². The SMILES string of the molecule is CCN(CC)c1ccc(Nc2nccc(C(=O)Nc3ccc(C)cc3C)n2)cc1. The van der Waals surface area contributed by atoms with E-state index in [2.05, 4.69) is 51.5 Å². The Hall–Kier alpha value is -3.41. The van der Waals surface area contributed by atoms with Gasteiger partial charge < -0.3 is 15.5 Å². The number of aryl methyl sites for hydroxylation is 2. The molecule has 0 fully saturated rings. The molecule has 1 amide bonds. The molecule has 0 radical (unpaired) electrons. The first-order valence-electron chi connectivity index (χ1n) is 9.83. The fourth-order valence-electron chi connectivity index (χ4n) is 3.16. The lowest BCUT2D eigenvalue weighted by atomic mass is 10.1. The van der Waals surface area contributed by atoms with E-state index >= 15 is 0 Å². The Bertz CT molecular complexity index is 981. The molecule has 0 saturated carbocycles. The van der Waals surface area contributed by atoms with Gasteiger partial charge in [-0.25, -0.2) is 9.97 Å². The zero-order chi connectivity index (χ0) is 20.8. The molecule has 1 heterocycles. The first-order chi connectivity index (χ1) is 14.0. The second-order valence-corrected chi connectivity index (χ2v) is 6.88. The third-order valence-electron chi connectivity index (χ3n) is 4.77. The van der Waals surface area contributed by atoms with Crippen molar-refractivity contribution < 1.29 is 4.79 Å². The van der Waals surface area contributed by atoms with Crippen molar-refractivity contribution in [3.8, 4) is 0 Å². The van der Waals surface area contributed by atoms with Crippen molar-refractivity contribution in [2.45, 2.75) is 27.7 Å². The Morgan fingerprint density at radius 3 is 2.38 bits per heavy atom. The zero-order valence-corrected chi connectivity index (χ0v) is 17.4. The van der Waals surface area contributed by atoms with Crippen LogP contribution < -0.4 is 15.5 Å². The van der Waals surface area contributed by atoms with Gasteiger partial charge in [-0.15, -0.1) is 0 Å². The number of amides is 1. The van der Waals surface area contributed by atoms with E-state index in [9.17, 15) is 4.79 Å². The van der Waals surface area contributed by atoms with E-state index < -0.39 is 0 Å². The summed E-state index contributed by atoms with van der Waals surface area (Å²) in [5, 5.41) is 6.08. The van der Waals surface area contributed by atoms with Crippen LogP contribution in [-0.2, 0) is 0 Å². The number of carbonyl (C=O) groups excluding carboxylic acids is 1. The molecule has 29 heavy (non-hydrogen) atoms. The monoisotopic (exact) mass is 389 g/mol. The van der Waals surface area contributed by atoms with Gasteiger partial charge in [-0.05, 0) is 69.7 Å². The van der Waals surface area contributed by atoms with Gasteiger partial charge >= 0.3 is 0 Å². The minimum atomic E-state index is -0.265. The predicted octanol–water partition coefficient (Wildman–Crippen LogP) is 4.94. The summed E-state index contributed by atoms with van der Waals surface area (Å²) in [5.41, 5.74) is 5.29. The van der Waals surface area contributed by atoms with Crippen molar-refractivity contribution in [2.24, 2.45) is 0 Å². The minimum absolute atomic E-state index is 0.265. The van der Waals surface area contributed by atoms with E-state index in [-0.39, 0.29) is 5.91 Å². The number of rotatable bonds is 7. The van der Waals surface area contributed by atoms with Gasteiger partial charge in [0.15, 0.2) is 0 Å². The van der Waals surface area contributed by atoms with Crippen molar-refractivity contribution >= 4 is 28.9 Å². The third kappa shape index (κ3) is 5.10. The summed E-state index contributed by atoms with van der Waals surface area (Å²) >= 11 is 0. The van der Waals surface area contributed by atoms with Crippen molar-refractivity contribution in [1.29, 1.82) is 0 Å². The normalized spacial score (nSPS) is 10.5. The van der Waals surface area contributed by atoms with E-state index in [0.717, 1.165) is 35.6 Å². The minimum Gasteiger partial charge on any atom is -0.372 e. The summed E-state index contributed by atoms with van der Waals surface area (Å²) in [6, 6.07) is 15.6. The van der Waals surface area contributed by atoms with Crippen molar-refractivity contribution in [3.63, 3.8) is 0 Å². The summed E-state index contributed by atoms with van der Waals surface area (Å²) in [4.78, 5) is 23.5. The van der Waals surface area contributed by atoms with E-state index in [1.807, 2.05) is 44.2 Å². The molecule has 6 heteroatoms. The molecule has 0 spiro atoms. The first kappa shape index (κ1) is 20.3. The largest absolute Gasteiger partial charge is 0.372 e. The lowest BCUT2D eigenvalue weighted by molar-refractivity contribution is 0.102. The molecule has 2 N–H and O–H groups in total. The molecule has 1 aromatic heterocycles. The van der Waals surface area contributed by atoms with Crippen molar-refractivity contribution in [1.82, 2.24) is 9.97 Å². The number of hydrogen-bond donors (Lipinski definition) is 2. The average molecular weight is 390 g/mol. The van der Waals surface area contributed by atoms with Gasteiger partial charge in [0.2, 0.25) is 5.95 Å². The molecule has 0 saturated heterocycles. The Kier molecular flexibility index (Phi) is 6.44. The van der Waals surface area contributed by atoms with Gasteiger partial charge in [0, 0.05) is 36.3 Å². The molecule has 3 rings (SSSR count). The van der Waals surface area contributed by atoms with Crippen LogP contribution in [0.5, 0.6) is 0 Å². The van der Waals surface area contributed by atoms with Crippen molar-refractivity contribution in [2.75, 3.05) is 28.6 Å². The maximum atomic E-state index is 12.6. The van der Waals surface area contributed by atoms with E-state index in [1.54, 1.807) is 12.3 Å². The fraction of sp³-hybridized carbons (Fsp3) is 0.261. The van der Waals surface area contributed by atoms with Gasteiger partial charge in [0.1, 0.15) is 5.69 Å². The maximum absolute atomic E-state index is 12.6. The standard InChI is InChI=1S/C23H27N5O/c1-5-28(6-2)19-10-8-18(9-11-19)25-23-24-14-13-21(27-23)22(29)26-20-12-7-16(3)15-17(20)4/h7-15H,5-6H2,1-4H3,(H,26,29)(H,24,25,27). The number of benzene rings is 2. The summed E-state index contributed by atoms with van der Waals surface area (Å²) in [6.45, 7) is 10.2. The van der Waals surface area contributed by atoms with Gasteiger partial charge in [-0.2, -0.15) is 0 Å². The quantitative estimate of drug-likeness (QED) is 0.599. The topological polar surface area (TPSA) is 70.2 Å². The summed E-state index contributed by atoms with van der Waals surface area (Å²) in [7, 11) is 0. The van der Waals surface area contributed by atoms with Crippen LogP contribution in [0.1, 0.15) is 35.5 Å². The predicted molar refractivity (Wildman–Crippen MR) is 119 cm³/mol. The Labute approximate surface area is 172 Å². The van der Waals surface area contributed by atoms with E-state index in [0.29, 0.717) is 11.6 Å². The molecular formula is C23H27N5O. The molecule has 0 atom stereocenters. The lowest BCUT2D eigenvalue weighted by Gasteiger charge is -2.21. The Morgan fingerprint density at radius 2 is 1.72 bits per heavy atom. The highest BCUT2D eigenvalue weighted by Crippen LogP contribution is 2.20. The Balaban J connectivity index is 1.71. The average Bonchev–Trinajstić information content (AvgIpc) is 2.72. The van der Waals surface area contributed by atoms with Gasteiger partial charge in [0.25, 0.3) is 5.91 Å². The van der Waals surface area contributed by atoms with Crippen LogP contribution in [0.25, 0.3) is 0 Å². The van der Waals surface area contributed by atoms with Crippen molar-refractivity contribution in [3.05, 3.63) is 71.5 Å². The molecule has 2 aromatic carbocycles. The highest BCUT2D eigenvalue weighted by molar-refractivity contribution is 6.03. The van der Waals surface area contributed by atoms with Crippen LogP contribution in [-0.4, -0.2) is 29.0 Å². The van der Waals surface area contributed by atoms with Crippen LogP contribution >= 0.6 is 0 Å². The van der Waals surface area contributed by atoms with E-state index in [1.165, 1.54) is 5.69 Å². The molecule has 3 aromatic rings. The van der Waals surface area contributed by atoms with Crippen LogP contribution in [0, 0.1) is 13.8 Å². The molecule has 0 aliphatic rings. The van der Waals surface area contributed by atoms with Crippen LogP contribution in [0.3, 0.4) is 0 Å². The van der Waals surface area contributed by atoms with Gasteiger partial charge in [-0.1, -0.05) is 17.7 Å². The molecule has 150 valence electrons. The number of nitrogens with zero attached hydrogens (tertiary/aromatic N) is 3. The summed E-state index contributed by atoms with van der Waals surface area (Å²) in [5.74, 6) is 0.119. The molecule has 0 unspecified atom stereocenters. The maximum Gasteiger partial charge on any atom is 0.274 e. The highest BCUT2D eigenvalue weighted by atomic mass is 16.1. The lowest BCUT2D eigenvalue weighted by Crippen LogP contribution is -2.21. The second-order valence-electron chi connectivity index (χ2n) is 6.88. The molecule has 6 nitrogen and oxygen atoms in total. The molecule has 0 bridgehead atoms. The number of carbonyl (C=O) groups is 1. The summed E-state index contributed by atoms with van der Waals surface area (Å²) < 4.78 is 0. The third-order valence-corrected chi connectivity index (χ3v) is 4.77. The molecular weight excluding hydrogens is 362 g/mol. The fourth-order valence-corrected chi connectivity index (χ4v) is 3.16. The summed E-state index contributed by atoms with van der Waals surface area (Å²) in [6.07, 6.45) is 1.58. The first-order valence-corrected chi connectivity index (χ1v) is 9.83. The molecule has 0 aliphatic heterocycles. The van der Waals surface area contributed by atoms with Gasteiger partial charge in [0.05, 0.1) is 0 Å². The smallest absolute Gasteiger partial charge is 0.274 e. The van der Waals surface area contributed by atoms with Crippen LogP contribution in [0.15, 0.2) is 54.7 Å². The van der Waals surface area contributed by atoms with Gasteiger partial charge in [-0.3, -0.25) is 4.79 Å². The number of anilines is 4. The van der Waals surface area contributed by atoms with Crippen LogP contribution in [0.4, 0.5) is 23.0 Å². The van der Waals surface area contributed by atoms with E-state index in [4.69, 9.17) is 0 Å². The Morgan fingerprint density at radius 1 is 1.00 bits per heavy atom. The zero-order valence-electron chi connectivity index (χ0n) is 17.4. The number of aromatic nitrogens is 2. The second kappa shape index (κ2) is 9.19.